The van der Waals surface area contributed by atoms with Crippen molar-refractivity contribution in [3.05, 3.63) is 59.9 Å². The van der Waals surface area contributed by atoms with Crippen molar-refractivity contribution in [2.24, 2.45) is 5.73 Å². The number of anilines is 1. The van der Waals surface area contributed by atoms with E-state index in [1.54, 1.807) is 7.11 Å². The van der Waals surface area contributed by atoms with Gasteiger partial charge in [0.2, 0.25) is 5.91 Å². The van der Waals surface area contributed by atoms with Gasteiger partial charge in [-0.1, -0.05) is 36.4 Å². The van der Waals surface area contributed by atoms with Gasteiger partial charge in [0.25, 0.3) is 0 Å². The van der Waals surface area contributed by atoms with Crippen LogP contribution >= 0.6 is 0 Å². The molecule has 6 heteroatoms. The second kappa shape index (κ2) is 7.61. The number of fused-ring (bicyclic) bond motifs is 1. The highest BCUT2D eigenvalue weighted by atomic mass is 16.5. The number of aryl methyl sites for hydroxylation is 1. The highest BCUT2D eigenvalue weighted by molar-refractivity contribution is 5.93. The van der Waals surface area contributed by atoms with Gasteiger partial charge in [0.15, 0.2) is 0 Å². The standard InChI is InChI=1S/C19H20N4O2/c1-25-15-9-5-8-14-18(15)22-17(11-10-16(20)24)23-19(14)21-12-13-6-3-2-4-7-13/h2-9H,10-12H2,1H3,(H2,20,24)(H,21,22,23). The van der Waals surface area contributed by atoms with Crippen LogP contribution in [0.3, 0.4) is 0 Å². The maximum atomic E-state index is 11.1. The fraction of sp³-hybridized carbons (Fsp3) is 0.211. The first-order valence-electron chi connectivity index (χ1n) is 8.07. The molecule has 0 saturated carbocycles. The van der Waals surface area contributed by atoms with Gasteiger partial charge in [0, 0.05) is 24.8 Å². The number of carbonyl (C=O) groups is 1. The fourth-order valence-electron chi connectivity index (χ4n) is 2.60. The molecule has 0 aliphatic heterocycles. The Labute approximate surface area is 146 Å². The van der Waals surface area contributed by atoms with Gasteiger partial charge in [-0.05, 0) is 17.7 Å². The number of aromatic nitrogens is 2. The van der Waals surface area contributed by atoms with E-state index in [0.29, 0.717) is 30.4 Å². The van der Waals surface area contributed by atoms with E-state index in [-0.39, 0.29) is 12.3 Å². The monoisotopic (exact) mass is 336 g/mol. The summed E-state index contributed by atoms with van der Waals surface area (Å²) in [6, 6.07) is 15.8. The summed E-state index contributed by atoms with van der Waals surface area (Å²) in [4.78, 5) is 20.2. The molecule has 0 aliphatic rings. The Bertz CT molecular complexity index is 881. The van der Waals surface area contributed by atoms with Gasteiger partial charge in [-0.2, -0.15) is 0 Å². The number of benzene rings is 2. The molecule has 1 amide bonds. The van der Waals surface area contributed by atoms with Crippen molar-refractivity contribution in [2.45, 2.75) is 19.4 Å². The van der Waals surface area contributed by atoms with Crippen LogP contribution in [0.5, 0.6) is 5.75 Å². The van der Waals surface area contributed by atoms with Crippen molar-refractivity contribution < 1.29 is 9.53 Å². The number of hydrogen-bond donors (Lipinski definition) is 2. The normalized spacial score (nSPS) is 10.6. The van der Waals surface area contributed by atoms with Gasteiger partial charge >= 0.3 is 0 Å². The van der Waals surface area contributed by atoms with Gasteiger partial charge in [-0.15, -0.1) is 0 Å². The minimum Gasteiger partial charge on any atom is -0.494 e. The average Bonchev–Trinajstić information content (AvgIpc) is 2.64. The summed E-state index contributed by atoms with van der Waals surface area (Å²) in [6.07, 6.45) is 0.599. The molecule has 0 fully saturated rings. The van der Waals surface area contributed by atoms with E-state index < -0.39 is 0 Å². The number of nitrogens with two attached hydrogens (primary N) is 1. The van der Waals surface area contributed by atoms with Crippen molar-refractivity contribution in [3.63, 3.8) is 0 Å². The molecule has 3 rings (SSSR count). The summed E-state index contributed by atoms with van der Waals surface area (Å²) < 4.78 is 5.42. The minimum atomic E-state index is -0.373. The average molecular weight is 336 g/mol. The lowest BCUT2D eigenvalue weighted by molar-refractivity contribution is -0.118. The molecular formula is C19H20N4O2. The van der Waals surface area contributed by atoms with Crippen molar-refractivity contribution in [3.8, 4) is 5.75 Å². The number of nitrogens with one attached hydrogen (secondary N) is 1. The third kappa shape index (κ3) is 4.03. The van der Waals surface area contributed by atoms with E-state index in [9.17, 15) is 4.79 Å². The molecule has 0 radical (unpaired) electrons. The van der Waals surface area contributed by atoms with E-state index in [2.05, 4.69) is 15.3 Å². The Morgan fingerprint density at radius 1 is 1.12 bits per heavy atom. The number of ether oxygens (including phenoxy) is 1. The van der Waals surface area contributed by atoms with E-state index in [4.69, 9.17) is 10.5 Å². The van der Waals surface area contributed by atoms with E-state index >= 15 is 0 Å². The summed E-state index contributed by atoms with van der Waals surface area (Å²) >= 11 is 0. The van der Waals surface area contributed by atoms with Crippen LogP contribution in [-0.4, -0.2) is 23.0 Å². The Morgan fingerprint density at radius 2 is 1.92 bits per heavy atom. The minimum absolute atomic E-state index is 0.207. The molecule has 3 N–H and O–H groups in total. The van der Waals surface area contributed by atoms with Crippen LogP contribution in [0.25, 0.3) is 10.9 Å². The van der Waals surface area contributed by atoms with Crippen LogP contribution in [0.1, 0.15) is 17.8 Å². The second-order valence-corrected chi connectivity index (χ2v) is 5.65. The lowest BCUT2D eigenvalue weighted by atomic mass is 10.2. The van der Waals surface area contributed by atoms with Crippen LogP contribution in [0, 0.1) is 0 Å². The molecule has 0 bridgehead atoms. The number of amides is 1. The van der Waals surface area contributed by atoms with Crippen molar-refractivity contribution >= 4 is 22.6 Å². The highest BCUT2D eigenvalue weighted by Crippen LogP contribution is 2.28. The molecule has 0 saturated heterocycles. The first kappa shape index (κ1) is 16.7. The summed E-state index contributed by atoms with van der Waals surface area (Å²) in [5.41, 5.74) is 7.11. The number of methoxy groups -OCH3 is 1. The van der Waals surface area contributed by atoms with Gasteiger partial charge in [0.1, 0.15) is 22.9 Å². The Hall–Kier alpha value is -3.15. The van der Waals surface area contributed by atoms with Crippen molar-refractivity contribution in [1.82, 2.24) is 9.97 Å². The van der Waals surface area contributed by atoms with Gasteiger partial charge in [-0.3, -0.25) is 4.79 Å². The van der Waals surface area contributed by atoms with E-state index in [0.717, 1.165) is 16.5 Å². The van der Waals surface area contributed by atoms with Gasteiger partial charge < -0.3 is 15.8 Å². The molecule has 0 aliphatic carbocycles. The third-order valence-electron chi connectivity index (χ3n) is 3.85. The van der Waals surface area contributed by atoms with E-state index in [1.165, 1.54) is 0 Å². The van der Waals surface area contributed by atoms with Crippen LogP contribution in [0.15, 0.2) is 48.5 Å². The molecule has 1 heterocycles. The lowest BCUT2D eigenvalue weighted by Gasteiger charge is -2.12. The number of carbonyl (C=O) groups excluding carboxylic acids is 1. The van der Waals surface area contributed by atoms with E-state index in [1.807, 2.05) is 48.5 Å². The molecule has 1 aromatic heterocycles. The SMILES string of the molecule is COc1cccc2c(NCc3ccccc3)nc(CCC(N)=O)nc12. The summed E-state index contributed by atoms with van der Waals surface area (Å²) in [5.74, 6) is 1.57. The first-order valence-corrected chi connectivity index (χ1v) is 8.07. The van der Waals surface area contributed by atoms with Gasteiger partial charge in [0.05, 0.1) is 7.11 Å². The van der Waals surface area contributed by atoms with Crippen LogP contribution in [0.4, 0.5) is 5.82 Å². The van der Waals surface area contributed by atoms with Gasteiger partial charge in [-0.25, -0.2) is 9.97 Å². The highest BCUT2D eigenvalue weighted by Gasteiger charge is 2.12. The number of para-hydroxylation sites is 1. The quantitative estimate of drug-likeness (QED) is 0.692. The topological polar surface area (TPSA) is 90.1 Å². The molecule has 25 heavy (non-hydrogen) atoms. The maximum absolute atomic E-state index is 11.1. The van der Waals surface area contributed by atoms with Crippen LogP contribution < -0.4 is 15.8 Å². The molecule has 0 atom stereocenters. The molecule has 3 aromatic rings. The largest absolute Gasteiger partial charge is 0.494 e. The summed E-state index contributed by atoms with van der Waals surface area (Å²) in [5, 5.41) is 4.23. The zero-order valence-electron chi connectivity index (χ0n) is 14.0. The van der Waals surface area contributed by atoms with Crippen LogP contribution in [-0.2, 0) is 17.8 Å². The zero-order valence-corrected chi connectivity index (χ0v) is 14.0. The predicted molar refractivity (Wildman–Crippen MR) is 97.4 cm³/mol. The first-order chi connectivity index (χ1) is 12.2. The molecule has 0 spiro atoms. The lowest BCUT2D eigenvalue weighted by Crippen LogP contribution is -2.13. The van der Waals surface area contributed by atoms with Crippen LogP contribution in [0.2, 0.25) is 0 Å². The third-order valence-corrected chi connectivity index (χ3v) is 3.85. The van der Waals surface area contributed by atoms with Crippen molar-refractivity contribution in [1.29, 1.82) is 0 Å². The zero-order chi connectivity index (χ0) is 17.6. The molecule has 2 aromatic carbocycles. The molecule has 6 nitrogen and oxygen atoms in total. The number of primary amides is 1. The number of rotatable bonds is 7. The maximum Gasteiger partial charge on any atom is 0.217 e. The predicted octanol–water partition coefficient (Wildman–Crippen LogP) is 2.67. The summed E-state index contributed by atoms with van der Waals surface area (Å²) in [6.45, 7) is 0.638. The Morgan fingerprint density at radius 3 is 2.64 bits per heavy atom. The number of nitrogens with zero attached hydrogens (tertiary/aromatic N) is 2. The smallest absolute Gasteiger partial charge is 0.217 e. The Balaban J connectivity index is 1.97. The van der Waals surface area contributed by atoms with Crippen molar-refractivity contribution in [2.75, 3.05) is 12.4 Å². The number of hydrogen-bond acceptors (Lipinski definition) is 5. The molecule has 128 valence electrons. The molecular weight excluding hydrogens is 316 g/mol. The fourth-order valence-corrected chi connectivity index (χ4v) is 2.60. The second-order valence-electron chi connectivity index (χ2n) is 5.65. The molecule has 0 unspecified atom stereocenters. The Kier molecular flexibility index (Phi) is 5.09. The summed E-state index contributed by atoms with van der Waals surface area (Å²) in [7, 11) is 1.61.